The van der Waals surface area contributed by atoms with Crippen molar-refractivity contribution in [2.45, 2.75) is 17.6 Å². The molecule has 2 aromatic rings. The van der Waals surface area contributed by atoms with E-state index < -0.39 is 4.92 Å². The zero-order valence-corrected chi connectivity index (χ0v) is 11.2. The number of anilines is 1. The highest BCUT2D eigenvalue weighted by atomic mass is 32.2. The highest BCUT2D eigenvalue weighted by molar-refractivity contribution is 8.00. The van der Waals surface area contributed by atoms with Gasteiger partial charge in [-0.2, -0.15) is 16.7 Å². The molecule has 6 nitrogen and oxygen atoms in total. The molecule has 19 heavy (non-hydrogen) atoms. The number of nitro benzene ring substituents is 1. The topological polar surface area (TPSA) is 81.2 Å². The minimum Gasteiger partial charge on any atom is -0.423 e. The van der Waals surface area contributed by atoms with Gasteiger partial charge in [0, 0.05) is 17.4 Å². The lowest BCUT2D eigenvalue weighted by molar-refractivity contribution is -0.384. The Labute approximate surface area is 113 Å². The molecule has 1 N–H and O–H groups in total. The maximum atomic E-state index is 10.7. The molecule has 1 aromatic heterocycles. The van der Waals surface area contributed by atoms with Crippen molar-refractivity contribution in [1.29, 1.82) is 0 Å². The molecule has 1 fully saturated rings. The summed E-state index contributed by atoms with van der Waals surface area (Å²) in [6.45, 7) is 0.809. The average Bonchev–Trinajstić information content (AvgIpc) is 3.07. The Hall–Kier alpha value is -1.76. The number of nitrogens with one attached hydrogen (secondary N) is 1. The van der Waals surface area contributed by atoms with Crippen LogP contribution in [-0.4, -0.2) is 27.5 Å². The molecule has 1 saturated carbocycles. The Balaban J connectivity index is 1.79. The molecule has 0 radical (unpaired) electrons. The van der Waals surface area contributed by atoms with E-state index in [1.54, 1.807) is 6.07 Å². The first kappa shape index (κ1) is 12.3. The van der Waals surface area contributed by atoms with E-state index in [1.807, 2.05) is 11.8 Å². The number of thioether (sulfide) groups is 1. The van der Waals surface area contributed by atoms with Crippen molar-refractivity contribution < 1.29 is 9.34 Å². The third-order valence-electron chi connectivity index (χ3n) is 3.39. The van der Waals surface area contributed by atoms with Crippen molar-refractivity contribution in [1.82, 2.24) is 4.98 Å². The predicted molar refractivity (Wildman–Crippen MR) is 74.6 cm³/mol. The first-order valence-electron chi connectivity index (χ1n) is 5.96. The summed E-state index contributed by atoms with van der Waals surface area (Å²) < 4.78 is 5.80. The van der Waals surface area contributed by atoms with Crippen LogP contribution in [-0.2, 0) is 0 Å². The highest BCUT2D eigenvalue weighted by Gasteiger charge is 2.41. The third kappa shape index (κ3) is 2.37. The van der Waals surface area contributed by atoms with Crippen molar-refractivity contribution in [2.24, 2.45) is 0 Å². The maximum absolute atomic E-state index is 10.7. The Bertz CT molecular complexity index is 636. The van der Waals surface area contributed by atoms with Crippen LogP contribution < -0.4 is 5.32 Å². The molecular formula is C12H13N3O3S. The standard InChI is InChI=1S/C12H13N3O3S/c1-19-12(4-5-12)7-13-11-14-9-3-2-8(15(16)17)6-10(9)18-11/h2-3,6H,4-5,7H2,1H3,(H,13,14). The van der Waals surface area contributed by atoms with Gasteiger partial charge in [0.1, 0.15) is 5.52 Å². The second-order valence-electron chi connectivity index (χ2n) is 4.67. The molecule has 1 aliphatic carbocycles. The van der Waals surface area contributed by atoms with E-state index in [1.165, 1.54) is 25.0 Å². The molecule has 3 rings (SSSR count). The number of benzene rings is 1. The average molecular weight is 279 g/mol. The van der Waals surface area contributed by atoms with Gasteiger partial charge in [0.2, 0.25) is 0 Å². The zero-order chi connectivity index (χ0) is 13.5. The summed E-state index contributed by atoms with van der Waals surface area (Å²) in [5, 5.41) is 13.8. The fraction of sp³-hybridized carbons (Fsp3) is 0.417. The molecule has 7 heteroatoms. The Morgan fingerprint density at radius 1 is 1.58 bits per heavy atom. The number of oxazole rings is 1. The number of nitro groups is 1. The summed E-state index contributed by atoms with van der Waals surface area (Å²) in [6, 6.07) is 4.85. The van der Waals surface area contributed by atoms with Crippen LogP contribution >= 0.6 is 11.8 Å². The van der Waals surface area contributed by atoms with E-state index in [-0.39, 0.29) is 5.69 Å². The SMILES string of the molecule is CSC1(CNc2nc3ccc([N+](=O)[O-])cc3o2)CC1. The van der Waals surface area contributed by atoms with E-state index in [9.17, 15) is 10.1 Å². The van der Waals surface area contributed by atoms with E-state index in [0.717, 1.165) is 6.54 Å². The van der Waals surface area contributed by atoms with Gasteiger partial charge >= 0.3 is 0 Å². The van der Waals surface area contributed by atoms with E-state index >= 15 is 0 Å². The fourth-order valence-corrected chi connectivity index (χ4v) is 2.66. The third-order valence-corrected chi connectivity index (χ3v) is 4.80. The molecule has 0 unspecified atom stereocenters. The molecule has 1 heterocycles. The van der Waals surface area contributed by atoms with E-state index in [2.05, 4.69) is 16.6 Å². The van der Waals surface area contributed by atoms with Gasteiger partial charge in [-0.15, -0.1) is 0 Å². The monoisotopic (exact) mass is 279 g/mol. The summed E-state index contributed by atoms with van der Waals surface area (Å²) in [7, 11) is 0. The molecule has 1 aromatic carbocycles. The van der Waals surface area contributed by atoms with Crippen LogP contribution in [0.2, 0.25) is 0 Å². The van der Waals surface area contributed by atoms with Crippen molar-refractivity contribution in [3.05, 3.63) is 28.3 Å². The van der Waals surface area contributed by atoms with Crippen LogP contribution in [0.3, 0.4) is 0 Å². The zero-order valence-electron chi connectivity index (χ0n) is 10.4. The lowest BCUT2D eigenvalue weighted by atomic mass is 10.3. The molecule has 0 saturated heterocycles. The molecule has 0 bridgehead atoms. The number of nitrogens with zero attached hydrogens (tertiary/aromatic N) is 2. The minimum absolute atomic E-state index is 0.0120. The molecule has 0 atom stereocenters. The number of aromatic nitrogens is 1. The van der Waals surface area contributed by atoms with Crippen molar-refractivity contribution in [3.63, 3.8) is 0 Å². The van der Waals surface area contributed by atoms with Gasteiger partial charge in [-0.25, -0.2) is 0 Å². The second kappa shape index (κ2) is 4.41. The van der Waals surface area contributed by atoms with Crippen LogP contribution in [0.15, 0.2) is 22.6 Å². The summed E-state index contributed by atoms with van der Waals surface area (Å²) in [5.41, 5.74) is 1.07. The van der Waals surface area contributed by atoms with Crippen LogP contribution in [0.5, 0.6) is 0 Å². The van der Waals surface area contributed by atoms with Crippen molar-refractivity contribution >= 4 is 34.6 Å². The molecular weight excluding hydrogens is 266 g/mol. The maximum Gasteiger partial charge on any atom is 0.295 e. The predicted octanol–water partition coefficient (Wildman–Crippen LogP) is 3.04. The van der Waals surface area contributed by atoms with Gasteiger partial charge in [-0.1, -0.05) is 0 Å². The number of rotatable bonds is 5. The summed E-state index contributed by atoms with van der Waals surface area (Å²) >= 11 is 1.85. The smallest absolute Gasteiger partial charge is 0.295 e. The van der Waals surface area contributed by atoms with Gasteiger partial charge in [-0.05, 0) is 25.2 Å². The largest absolute Gasteiger partial charge is 0.423 e. The van der Waals surface area contributed by atoms with Crippen LogP contribution in [0.25, 0.3) is 11.1 Å². The molecule has 0 spiro atoms. The molecule has 100 valence electrons. The van der Waals surface area contributed by atoms with Crippen molar-refractivity contribution in [2.75, 3.05) is 18.1 Å². The first-order chi connectivity index (χ1) is 9.12. The lowest BCUT2D eigenvalue weighted by Crippen LogP contribution is -2.17. The minimum atomic E-state index is -0.442. The van der Waals surface area contributed by atoms with Gasteiger partial charge < -0.3 is 9.73 Å². The van der Waals surface area contributed by atoms with Crippen LogP contribution in [0, 0.1) is 10.1 Å². The van der Waals surface area contributed by atoms with Gasteiger partial charge in [0.25, 0.3) is 11.7 Å². The summed E-state index contributed by atoms with van der Waals surface area (Å²) in [5.74, 6) is 0. The Morgan fingerprint density at radius 2 is 2.37 bits per heavy atom. The summed E-state index contributed by atoms with van der Waals surface area (Å²) in [4.78, 5) is 14.5. The van der Waals surface area contributed by atoms with Gasteiger partial charge in [0.05, 0.1) is 11.0 Å². The number of fused-ring (bicyclic) bond motifs is 1. The second-order valence-corrected chi connectivity index (χ2v) is 5.94. The van der Waals surface area contributed by atoms with Gasteiger partial charge in [-0.3, -0.25) is 10.1 Å². The van der Waals surface area contributed by atoms with Crippen molar-refractivity contribution in [3.8, 4) is 0 Å². The Kier molecular flexibility index (Phi) is 2.85. The molecule has 0 aliphatic heterocycles. The fourth-order valence-electron chi connectivity index (χ4n) is 1.93. The normalized spacial score (nSPS) is 16.5. The van der Waals surface area contributed by atoms with E-state index in [4.69, 9.17) is 4.42 Å². The molecule has 1 aliphatic rings. The Morgan fingerprint density at radius 3 is 3.00 bits per heavy atom. The number of non-ortho nitro benzene ring substituents is 1. The van der Waals surface area contributed by atoms with E-state index in [0.29, 0.717) is 21.9 Å². The van der Waals surface area contributed by atoms with Crippen LogP contribution in [0.1, 0.15) is 12.8 Å². The first-order valence-corrected chi connectivity index (χ1v) is 7.18. The lowest BCUT2D eigenvalue weighted by Gasteiger charge is -2.10. The number of hydrogen-bond donors (Lipinski definition) is 1. The molecule has 0 amide bonds. The highest BCUT2D eigenvalue weighted by Crippen LogP contribution is 2.47. The summed E-state index contributed by atoms with van der Waals surface area (Å²) in [6.07, 6.45) is 4.50. The van der Waals surface area contributed by atoms with Crippen LogP contribution in [0.4, 0.5) is 11.7 Å². The quantitative estimate of drug-likeness (QED) is 0.669. The number of hydrogen-bond acceptors (Lipinski definition) is 6. The van der Waals surface area contributed by atoms with Gasteiger partial charge in [0.15, 0.2) is 5.58 Å².